The van der Waals surface area contributed by atoms with Gasteiger partial charge < -0.3 is 19.0 Å². The van der Waals surface area contributed by atoms with Crippen LogP contribution in [-0.4, -0.2) is 72.5 Å². The smallest absolute Gasteiger partial charge is 0.416 e. The highest BCUT2D eigenvalue weighted by Gasteiger charge is 2.32. The number of carbonyl (C=O) groups excluding carboxylic acids is 2. The lowest BCUT2D eigenvalue weighted by Crippen LogP contribution is -2.44. The van der Waals surface area contributed by atoms with Crippen molar-refractivity contribution >= 4 is 11.8 Å². The first-order valence-electron chi connectivity index (χ1n) is 12.9. The zero-order chi connectivity index (χ0) is 27.7. The Hall–Kier alpha value is -3.63. The third kappa shape index (κ3) is 8.43. The van der Waals surface area contributed by atoms with Crippen LogP contribution in [0.1, 0.15) is 33.7 Å². The maximum absolute atomic E-state index is 13.6. The molecule has 1 aliphatic heterocycles. The number of nitrogens with zero attached hydrogens (tertiary/aromatic N) is 3. The fourth-order valence-electron chi connectivity index (χ4n) is 4.46. The Morgan fingerprint density at radius 3 is 2.36 bits per heavy atom. The van der Waals surface area contributed by atoms with Gasteiger partial charge in [0.2, 0.25) is 5.91 Å². The third-order valence-electron chi connectivity index (χ3n) is 6.55. The second-order valence-electron chi connectivity index (χ2n) is 9.43. The molecule has 2 aromatic carbocycles. The Morgan fingerprint density at radius 2 is 1.67 bits per heavy atom. The van der Waals surface area contributed by atoms with E-state index in [9.17, 15) is 22.8 Å². The lowest BCUT2D eigenvalue weighted by Gasteiger charge is -2.30. The van der Waals surface area contributed by atoms with Crippen LogP contribution in [0, 0.1) is 0 Å². The molecule has 0 bridgehead atoms. The second kappa shape index (κ2) is 13.4. The fraction of sp³-hybridized carbons (Fsp3) is 0.379. The average molecular weight is 544 g/mol. The number of morpholine rings is 1. The summed E-state index contributed by atoms with van der Waals surface area (Å²) in [5.41, 5.74) is -0.110. The summed E-state index contributed by atoms with van der Waals surface area (Å²) in [6.45, 7) is 3.93. The van der Waals surface area contributed by atoms with Crippen LogP contribution in [0.3, 0.4) is 0 Å². The van der Waals surface area contributed by atoms with E-state index < -0.39 is 17.6 Å². The molecule has 1 fully saturated rings. The number of hydrogen-bond acceptors (Lipinski definition) is 5. The van der Waals surface area contributed by atoms with Crippen LogP contribution in [0.4, 0.5) is 13.2 Å². The molecule has 39 heavy (non-hydrogen) atoms. The van der Waals surface area contributed by atoms with Crippen molar-refractivity contribution in [1.29, 1.82) is 0 Å². The van der Waals surface area contributed by atoms with Gasteiger partial charge in [-0.05, 0) is 42.3 Å². The molecule has 208 valence electrons. The number of furan rings is 1. The summed E-state index contributed by atoms with van der Waals surface area (Å²) < 4.78 is 50.8. The molecule has 2 amide bonds. The standard InChI is InChI=1S/C29H32F3N3O4/c30-29(31,32)25-10-4-9-24(19-25)28(37)34(13-6-12-33-14-17-38-18-15-33)22-27(36)35(21-26-11-5-16-39-26)20-23-7-2-1-3-8-23/h1-5,7-11,16,19H,6,12-15,17-18,20-22H2. The molecule has 0 unspecified atom stereocenters. The van der Waals surface area contributed by atoms with Crippen molar-refractivity contribution < 1.29 is 31.9 Å². The molecule has 0 spiro atoms. The number of amides is 2. The van der Waals surface area contributed by atoms with Crippen molar-refractivity contribution in [1.82, 2.24) is 14.7 Å². The Kier molecular flexibility index (Phi) is 9.78. The minimum absolute atomic E-state index is 0.107. The number of hydrogen-bond donors (Lipinski definition) is 0. The Balaban J connectivity index is 1.52. The van der Waals surface area contributed by atoms with E-state index in [1.807, 2.05) is 30.3 Å². The number of benzene rings is 2. The van der Waals surface area contributed by atoms with Gasteiger partial charge in [0.25, 0.3) is 5.91 Å². The van der Waals surface area contributed by atoms with E-state index in [1.54, 1.807) is 17.0 Å². The van der Waals surface area contributed by atoms with E-state index in [2.05, 4.69) is 4.90 Å². The van der Waals surface area contributed by atoms with Gasteiger partial charge in [0.15, 0.2) is 0 Å². The van der Waals surface area contributed by atoms with Gasteiger partial charge in [0.05, 0.1) is 31.6 Å². The van der Waals surface area contributed by atoms with Crippen molar-refractivity contribution in [2.45, 2.75) is 25.7 Å². The summed E-state index contributed by atoms with van der Waals surface area (Å²) in [7, 11) is 0. The summed E-state index contributed by atoms with van der Waals surface area (Å²) >= 11 is 0. The molecule has 1 saturated heterocycles. The SMILES string of the molecule is O=C(CN(CCCN1CCOCC1)C(=O)c1cccc(C(F)(F)F)c1)N(Cc1ccccc1)Cc1ccco1. The topological polar surface area (TPSA) is 66.2 Å². The maximum atomic E-state index is 13.6. The van der Waals surface area contributed by atoms with Crippen molar-refractivity contribution in [3.8, 4) is 0 Å². The minimum atomic E-state index is -4.58. The van der Waals surface area contributed by atoms with Crippen LogP contribution in [0.2, 0.25) is 0 Å². The van der Waals surface area contributed by atoms with E-state index in [-0.39, 0.29) is 31.1 Å². The van der Waals surface area contributed by atoms with Gasteiger partial charge in [-0.15, -0.1) is 0 Å². The quantitative estimate of drug-likeness (QED) is 0.351. The number of rotatable bonds is 11. The largest absolute Gasteiger partial charge is 0.467 e. The Morgan fingerprint density at radius 1 is 0.897 bits per heavy atom. The van der Waals surface area contributed by atoms with Crippen molar-refractivity contribution in [3.63, 3.8) is 0 Å². The van der Waals surface area contributed by atoms with Gasteiger partial charge in [0, 0.05) is 38.3 Å². The first kappa shape index (κ1) is 28.4. The monoisotopic (exact) mass is 543 g/mol. The van der Waals surface area contributed by atoms with E-state index in [4.69, 9.17) is 9.15 Å². The number of alkyl halides is 3. The molecule has 1 aliphatic rings. The molecule has 4 rings (SSSR count). The zero-order valence-corrected chi connectivity index (χ0v) is 21.6. The highest BCUT2D eigenvalue weighted by Crippen LogP contribution is 2.29. The molecule has 7 nitrogen and oxygen atoms in total. The molecule has 2 heterocycles. The van der Waals surface area contributed by atoms with Gasteiger partial charge in [-0.3, -0.25) is 14.5 Å². The Bertz CT molecular complexity index is 1200. The van der Waals surface area contributed by atoms with Gasteiger partial charge in [-0.1, -0.05) is 36.4 Å². The molecular formula is C29H32F3N3O4. The molecule has 10 heteroatoms. The van der Waals surface area contributed by atoms with E-state index >= 15 is 0 Å². The summed E-state index contributed by atoms with van der Waals surface area (Å²) in [5.74, 6) is -0.363. The summed E-state index contributed by atoms with van der Waals surface area (Å²) in [6.07, 6.45) is -2.49. The van der Waals surface area contributed by atoms with Crippen molar-refractivity contribution in [2.24, 2.45) is 0 Å². The normalized spacial score (nSPS) is 14.2. The van der Waals surface area contributed by atoms with Crippen LogP contribution in [0.5, 0.6) is 0 Å². The Labute approximate surface area is 225 Å². The predicted octanol–water partition coefficient (Wildman–Crippen LogP) is 4.69. The average Bonchev–Trinajstić information content (AvgIpc) is 3.46. The van der Waals surface area contributed by atoms with Crippen LogP contribution >= 0.6 is 0 Å². The van der Waals surface area contributed by atoms with Gasteiger partial charge in [-0.25, -0.2) is 0 Å². The summed E-state index contributed by atoms with van der Waals surface area (Å²) in [5, 5.41) is 0. The number of halogens is 3. The van der Waals surface area contributed by atoms with Gasteiger partial charge in [0.1, 0.15) is 12.3 Å². The van der Waals surface area contributed by atoms with Crippen LogP contribution < -0.4 is 0 Å². The molecule has 1 aromatic heterocycles. The van der Waals surface area contributed by atoms with E-state index in [0.29, 0.717) is 38.5 Å². The van der Waals surface area contributed by atoms with Crippen LogP contribution in [-0.2, 0) is 28.8 Å². The lowest BCUT2D eigenvalue weighted by atomic mass is 10.1. The highest BCUT2D eigenvalue weighted by molar-refractivity contribution is 5.96. The molecular weight excluding hydrogens is 511 g/mol. The molecule has 0 atom stereocenters. The minimum Gasteiger partial charge on any atom is -0.467 e. The first-order chi connectivity index (χ1) is 18.8. The summed E-state index contributed by atoms with van der Waals surface area (Å²) in [6, 6.07) is 17.2. The first-order valence-corrected chi connectivity index (χ1v) is 12.9. The lowest BCUT2D eigenvalue weighted by molar-refractivity contribution is -0.137. The zero-order valence-electron chi connectivity index (χ0n) is 21.6. The van der Waals surface area contributed by atoms with Gasteiger partial charge in [-0.2, -0.15) is 13.2 Å². The second-order valence-corrected chi connectivity index (χ2v) is 9.43. The van der Waals surface area contributed by atoms with Crippen LogP contribution in [0.15, 0.2) is 77.4 Å². The summed E-state index contributed by atoms with van der Waals surface area (Å²) in [4.78, 5) is 32.2. The van der Waals surface area contributed by atoms with E-state index in [1.165, 1.54) is 23.3 Å². The molecule has 0 N–H and O–H groups in total. The molecule has 3 aromatic rings. The number of ether oxygens (including phenoxy) is 1. The third-order valence-corrected chi connectivity index (χ3v) is 6.55. The van der Waals surface area contributed by atoms with Crippen LogP contribution in [0.25, 0.3) is 0 Å². The van der Waals surface area contributed by atoms with E-state index in [0.717, 1.165) is 30.8 Å². The van der Waals surface area contributed by atoms with Crippen molar-refractivity contribution in [3.05, 3.63) is 95.4 Å². The molecule has 0 radical (unpaired) electrons. The molecule has 0 saturated carbocycles. The van der Waals surface area contributed by atoms with Gasteiger partial charge >= 0.3 is 6.18 Å². The maximum Gasteiger partial charge on any atom is 0.416 e. The number of carbonyl (C=O) groups is 2. The predicted molar refractivity (Wildman–Crippen MR) is 139 cm³/mol. The highest BCUT2D eigenvalue weighted by atomic mass is 19.4. The molecule has 0 aliphatic carbocycles. The van der Waals surface area contributed by atoms with Crippen molar-refractivity contribution in [2.75, 3.05) is 45.9 Å². The fourth-order valence-corrected chi connectivity index (χ4v) is 4.46.